The Morgan fingerprint density at radius 3 is 2.81 bits per heavy atom. The molecule has 0 aromatic heterocycles. The third kappa shape index (κ3) is 5.18. The van der Waals surface area contributed by atoms with E-state index in [1.165, 1.54) is 25.7 Å². The smallest absolute Gasteiger partial charge is 0.317 e. The van der Waals surface area contributed by atoms with Gasteiger partial charge < -0.3 is 15.2 Å². The summed E-state index contributed by atoms with van der Waals surface area (Å²) in [5.41, 5.74) is 0. The minimum atomic E-state index is -0.839. The number of carbonyl (C=O) groups is 2. The second-order valence-electron chi connectivity index (χ2n) is 8.51. The maximum Gasteiger partial charge on any atom is 0.317 e. The van der Waals surface area contributed by atoms with Crippen molar-refractivity contribution in [2.75, 3.05) is 46.4 Å². The summed E-state index contributed by atoms with van der Waals surface area (Å²) < 4.78 is 5.73. The minimum absolute atomic E-state index is 0.00140. The summed E-state index contributed by atoms with van der Waals surface area (Å²) in [4.78, 5) is 27.1. The van der Waals surface area contributed by atoms with Crippen molar-refractivity contribution >= 4 is 11.9 Å². The largest absolute Gasteiger partial charge is 0.480 e. The first-order valence-electron chi connectivity index (χ1n) is 9.94. The van der Waals surface area contributed by atoms with Gasteiger partial charge in [-0.1, -0.05) is 6.42 Å². The van der Waals surface area contributed by atoms with Crippen LogP contribution in [0.3, 0.4) is 0 Å². The molecule has 3 rings (SSSR count). The van der Waals surface area contributed by atoms with Crippen LogP contribution in [0.1, 0.15) is 32.6 Å². The van der Waals surface area contributed by atoms with Crippen molar-refractivity contribution in [3.8, 4) is 0 Å². The summed E-state index contributed by atoms with van der Waals surface area (Å²) in [6, 6.07) is 0.260. The number of hydrogen-bond donors (Lipinski definition) is 2. The van der Waals surface area contributed by atoms with Crippen molar-refractivity contribution in [1.82, 2.24) is 15.1 Å². The van der Waals surface area contributed by atoms with Gasteiger partial charge >= 0.3 is 5.97 Å². The molecular formula is C19H33N3O4. The maximum atomic E-state index is 12.5. The van der Waals surface area contributed by atoms with Crippen LogP contribution in [-0.4, -0.2) is 85.3 Å². The predicted octanol–water partition coefficient (Wildman–Crippen LogP) is 0.645. The fraction of sp³-hybridized carbons (Fsp3) is 0.895. The molecule has 26 heavy (non-hydrogen) atoms. The van der Waals surface area contributed by atoms with Crippen molar-refractivity contribution in [2.24, 2.45) is 17.8 Å². The highest BCUT2D eigenvalue weighted by Gasteiger charge is 2.42. The number of fused-ring (bicyclic) bond motifs is 2. The highest BCUT2D eigenvalue weighted by molar-refractivity contribution is 5.78. The fourth-order valence-corrected chi connectivity index (χ4v) is 5.19. The molecule has 1 saturated heterocycles. The Morgan fingerprint density at radius 2 is 2.15 bits per heavy atom. The van der Waals surface area contributed by atoms with E-state index >= 15 is 0 Å². The van der Waals surface area contributed by atoms with E-state index in [0.717, 1.165) is 18.4 Å². The molecule has 3 fully saturated rings. The molecule has 3 aliphatic rings. The summed E-state index contributed by atoms with van der Waals surface area (Å²) in [5, 5.41) is 12.1. The molecular weight excluding hydrogens is 334 g/mol. The van der Waals surface area contributed by atoms with E-state index < -0.39 is 5.97 Å². The standard InChI is InChI=1S/C19H33N3O4/c1-13(17-8-14-3-4-15(17)7-14)20-18(23)11-22-5-6-26-16(10-22)9-21(2)12-19(24)25/h13-17H,3-12H2,1-2H3,(H,20,23)(H,24,25). The first kappa shape index (κ1) is 19.6. The molecule has 1 aliphatic heterocycles. The molecule has 148 valence electrons. The van der Waals surface area contributed by atoms with Crippen molar-refractivity contribution in [2.45, 2.75) is 44.8 Å². The number of carboxylic acid groups (broad SMARTS) is 1. The second kappa shape index (κ2) is 8.67. The maximum absolute atomic E-state index is 12.5. The molecule has 2 N–H and O–H groups in total. The van der Waals surface area contributed by atoms with Crippen LogP contribution in [-0.2, 0) is 14.3 Å². The van der Waals surface area contributed by atoms with Gasteiger partial charge in [0.2, 0.25) is 5.91 Å². The van der Waals surface area contributed by atoms with E-state index in [1.807, 2.05) is 0 Å². The normalized spacial score (nSPS) is 32.7. The fourth-order valence-electron chi connectivity index (χ4n) is 5.19. The van der Waals surface area contributed by atoms with Crippen molar-refractivity contribution < 1.29 is 19.4 Å². The lowest BCUT2D eigenvalue weighted by Crippen LogP contribution is -2.51. The van der Waals surface area contributed by atoms with Gasteiger partial charge in [-0.05, 0) is 51.0 Å². The number of nitrogens with one attached hydrogen (secondary N) is 1. The molecule has 5 atom stereocenters. The zero-order valence-electron chi connectivity index (χ0n) is 16.0. The summed E-state index contributed by atoms with van der Waals surface area (Å²) in [6.45, 7) is 5.11. The Morgan fingerprint density at radius 1 is 1.35 bits per heavy atom. The Hall–Kier alpha value is -1.18. The Balaban J connectivity index is 1.40. The van der Waals surface area contributed by atoms with Gasteiger partial charge in [0.25, 0.3) is 0 Å². The molecule has 0 aromatic rings. The number of hydrogen-bond acceptors (Lipinski definition) is 5. The molecule has 1 amide bonds. The first-order valence-corrected chi connectivity index (χ1v) is 9.94. The number of nitrogens with zero attached hydrogens (tertiary/aromatic N) is 2. The van der Waals surface area contributed by atoms with E-state index in [2.05, 4.69) is 17.1 Å². The van der Waals surface area contributed by atoms with Crippen molar-refractivity contribution in [3.63, 3.8) is 0 Å². The highest BCUT2D eigenvalue weighted by Crippen LogP contribution is 2.49. The van der Waals surface area contributed by atoms with E-state index in [1.54, 1.807) is 11.9 Å². The van der Waals surface area contributed by atoms with Gasteiger partial charge in [-0.25, -0.2) is 0 Å². The first-order chi connectivity index (χ1) is 12.4. The number of likely N-dealkylation sites (N-methyl/N-ethyl adjacent to an activating group) is 1. The Bertz CT molecular complexity index is 515. The zero-order chi connectivity index (χ0) is 18.7. The predicted molar refractivity (Wildman–Crippen MR) is 97.9 cm³/mol. The topological polar surface area (TPSA) is 82.1 Å². The Kier molecular flexibility index (Phi) is 6.53. The molecule has 0 radical (unpaired) electrons. The van der Waals surface area contributed by atoms with Crippen LogP contribution in [0, 0.1) is 17.8 Å². The molecule has 0 aromatic carbocycles. The van der Waals surface area contributed by atoms with Gasteiger partial charge in [-0.15, -0.1) is 0 Å². The lowest BCUT2D eigenvalue weighted by atomic mass is 9.84. The number of rotatable bonds is 8. The number of aliphatic carboxylic acids is 1. The van der Waals surface area contributed by atoms with Crippen LogP contribution in [0.25, 0.3) is 0 Å². The molecule has 1 heterocycles. The lowest BCUT2D eigenvalue weighted by Gasteiger charge is -2.35. The Labute approximate surface area is 156 Å². The van der Waals surface area contributed by atoms with Gasteiger partial charge in [0.05, 0.1) is 25.8 Å². The molecule has 2 aliphatic carbocycles. The number of morpholine rings is 1. The average molecular weight is 367 g/mol. The van der Waals surface area contributed by atoms with Gasteiger partial charge in [0, 0.05) is 25.7 Å². The summed E-state index contributed by atoms with van der Waals surface area (Å²) >= 11 is 0. The van der Waals surface area contributed by atoms with E-state index in [9.17, 15) is 9.59 Å². The second-order valence-corrected chi connectivity index (χ2v) is 8.51. The molecule has 5 unspecified atom stereocenters. The van der Waals surface area contributed by atoms with Crippen LogP contribution in [0.15, 0.2) is 0 Å². The van der Waals surface area contributed by atoms with Crippen molar-refractivity contribution in [1.29, 1.82) is 0 Å². The van der Waals surface area contributed by atoms with Gasteiger partial charge in [0.15, 0.2) is 0 Å². The molecule has 7 heteroatoms. The van der Waals surface area contributed by atoms with Crippen molar-refractivity contribution in [3.05, 3.63) is 0 Å². The summed E-state index contributed by atoms with van der Waals surface area (Å²) in [6.07, 6.45) is 5.31. The third-order valence-electron chi connectivity index (χ3n) is 6.33. The van der Waals surface area contributed by atoms with Gasteiger partial charge in [-0.2, -0.15) is 0 Å². The van der Waals surface area contributed by atoms with E-state index in [4.69, 9.17) is 9.84 Å². The summed E-state index contributed by atoms with van der Waals surface area (Å²) in [5.74, 6) is 1.62. The van der Waals surface area contributed by atoms with E-state index in [-0.39, 0.29) is 24.6 Å². The van der Waals surface area contributed by atoms with Crippen LogP contribution >= 0.6 is 0 Å². The number of carboxylic acids is 1. The average Bonchev–Trinajstić information content (AvgIpc) is 3.17. The molecule has 0 spiro atoms. The zero-order valence-corrected chi connectivity index (χ0v) is 16.0. The number of amides is 1. The highest BCUT2D eigenvalue weighted by atomic mass is 16.5. The molecule has 2 saturated carbocycles. The third-order valence-corrected chi connectivity index (χ3v) is 6.33. The van der Waals surface area contributed by atoms with Gasteiger partial charge in [-0.3, -0.25) is 19.4 Å². The quantitative estimate of drug-likeness (QED) is 0.655. The minimum Gasteiger partial charge on any atom is -0.480 e. The van der Waals surface area contributed by atoms with Crippen LogP contribution < -0.4 is 5.32 Å². The van der Waals surface area contributed by atoms with E-state index in [0.29, 0.717) is 32.2 Å². The van der Waals surface area contributed by atoms with Crippen LogP contribution in [0.5, 0.6) is 0 Å². The number of ether oxygens (including phenoxy) is 1. The van der Waals surface area contributed by atoms with Crippen LogP contribution in [0.4, 0.5) is 0 Å². The lowest BCUT2D eigenvalue weighted by molar-refractivity contribution is -0.138. The molecule has 2 bridgehead atoms. The monoisotopic (exact) mass is 367 g/mol. The SMILES string of the molecule is CC(NC(=O)CN1CCOC(CN(C)CC(=O)O)C1)C1CC2CCC1C2. The number of carbonyl (C=O) groups excluding carboxylic acids is 1. The summed E-state index contributed by atoms with van der Waals surface area (Å²) in [7, 11) is 1.78. The van der Waals surface area contributed by atoms with Gasteiger partial charge in [0.1, 0.15) is 0 Å². The molecule has 7 nitrogen and oxygen atoms in total. The van der Waals surface area contributed by atoms with Crippen LogP contribution in [0.2, 0.25) is 0 Å².